The van der Waals surface area contributed by atoms with Crippen LogP contribution < -0.4 is 5.32 Å². The van der Waals surface area contributed by atoms with E-state index < -0.39 is 0 Å². The van der Waals surface area contributed by atoms with Crippen molar-refractivity contribution >= 4 is 17.4 Å². The largest absolute Gasteiger partial charge is 0.381 e. The quantitative estimate of drug-likeness (QED) is 0.878. The standard InChI is InChI=1S/C20H31N3O2S/c24-20(21-14-16-5-11-25-12-6-16)23-9-7-22(8-10-23)15-18-13-17-3-1-2-4-19(17)26-18/h13,16H,1-12,14-15H2,(H,21,24). The van der Waals surface area contributed by atoms with Crippen LogP contribution in [0.15, 0.2) is 6.07 Å². The summed E-state index contributed by atoms with van der Waals surface area (Å²) < 4.78 is 5.38. The first kappa shape index (κ1) is 18.3. The van der Waals surface area contributed by atoms with E-state index in [1.54, 1.807) is 10.4 Å². The molecule has 3 aliphatic rings. The Balaban J connectivity index is 1.19. The van der Waals surface area contributed by atoms with Crippen molar-refractivity contribution in [3.63, 3.8) is 0 Å². The zero-order valence-electron chi connectivity index (χ0n) is 15.7. The maximum absolute atomic E-state index is 12.4. The van der Waals surface area contributed by atoms with Gasteiger partial charge in [0.15, 0.2) is 0 Å². The lowest BCUT2D eigenvalue weighted by molar-refractivity contribution is 0.0658. The zero-order chi connectivity index (χ0) is 17.8. The summed E-state index contributed by atoms with van der Waals surface area (Å²) in [6, 6.07) is 2.55. The van der Waals surface area contributed by atoms with E-state index in [9.17, 15) is 4.79 Å². The molecule has 6 heteroatoms. The molecule has 0 spiro atoms. The third-order valence-corrected chi connectivity index (χ3v) is 7.19. The summed E-state index contributed by atoms with van der Waals surface area (Å²) in [5.41, 5.74) is 1.60. The Morgan fingerprint density at radius 1 is 1.15 bits per heavy atom. The minimum absolute atomic E-state index is 0.114. The van der Waals surface area contributed by atoms with Gasteiger partial charge in [-0.1, -0.05) is 0 Å². The van der Waals surface area contributed by atoms with Crippen molar-refractivity contribution in [1.29, 1.82) is 0 Å². The van der Waals surface area contributed by atoms with E-state index in [2.05, 4.69) is 16.3 Å². The fourth-order valence-electron chi connectivity index (χ4n) is 4.25. The van der Waals surface area contributed by atoms with Crippen molar-refractivity contribution in [2.24, 2.45) is 5.92 Å². The summed E-state index contributed by atoms with van der Waals surface area (Å²) in [5, 5.41) is 3.13. The fourth-order valence-corrected chi connectivity index (χ4v) is 5.56. The predicted molar refractivity (Wildman–Crippen MR) is 105 cm³/mol. The highest BCUT2D eigenvalue weighted by atomic mass is 32.1. The highest BCUT2D eigenvalue weighted by Crippen LogP contribution is 2.30. The summed E-state index contributed by atoms with van der Waals surface area (Å²) >= 11 is 2.02. The van der Waals surface area contributed by atoms with Gasteiger partial charge in [-0.2, -0.15) is 0 Å². The van der Waals surface area contributed by atoms with E-state index in [4.69, 9.17) is 4.74 Å². The Bertz CT molecular complexity index is 581. The molecule has 1 aliphatic carbocycles. The highest BCUT2D eigenvalue weighted by molar-refractivity contribution is 7.12. The number of hydrogen-bond acceptors (Lipinski definition) is 4. The van der Waals surface area contributed by atoms with Crippen molar-refractivity contribution in [2.75, 3.05) is 45.9 Å². The smallest absolute Gasteiger partial charge is 0.317 e. The van der Waals surface area contributed by atoms with Gasteiger partial charge in [-0.25, -0.2) is 4.79 Å². The number of carbonyl (C=O) groups is 1. The van der Waals surface area contributed by atoms with Gasteiger partial charge in [0, 0.05) is 62.2 Å². The van der Waals surface area contributed by atoms with E-state index in [1.807, 2.05) is 16.2 Å². The van der Waals surface area contributed by atoms with Gasteiger partial charge < -0.3 is 15.0 Å². The molecule has 1 aromatic heterocycles. The van der Waals surface area contributed by atoms with Crippen molar-refractivity contribution in [3.8, 4) is 0 Å². The molecule has 4 rings (SSSR count). The minimum Gasteiger partial charge on any atom is -0.381 e. The lowest BCUT2D eigenvalue weighted by Gasteiger charge is -2.35. The molecule has 5 nitrogen and oxygen atoms in total. The first-order valence-electron chi connectivity index (χ1n) is 10.2. The van der Waals surface area contributed by atoms with Gasteiger partial charge in [0.1, 0.15) is 0 Å². The van der Waals surface area contributed by atoms with Crippen molar-refractivity contribution in [3.05, 3.63) is 21.4 Å². The van der Waals surface area contributed by atoms with Crippen LogP contribution in [-0.2, 0) is 24.1 Å². The van der Waals surface area contributed by atoms with Gasteiger partial charge in [-0.3, -0.25) is 4.90 Å². The molecule has 144 valence electrons. The van der Waals surface area contributed by atoms with Crippen LogP contribution in [0.5, 0.6) is 0 Å². The number of amides is 2. The highest BCUT2D eigenvalue weighted by Gasteiger charge is 2.23. The molecule has 3 heterocycles. The molecule has 0 saturated carbocycles. The van der Waals surface area contributed by atoms with Crippen LogP contribution in [0.2, 0.25) is 0 Å². The molecule has 26 heavy (non-hydrogen) atoms. The summed E-state index contributed by atoms with van der Waals surface area (Å²) in [6.45, 7) is 7.16. The molecule has 2 fully saturated rings. The van der Waals surface area contributed by atoms with E-state index in [0.29, 0.717) is 5.92 Å². The second-order valence-electron chi connectivity index (χ2n) is 7.87. The van der Waals surface area contributed by atoms with Crippen molar-refractivity contribution < 1.29 is 9.53 Å². The molecule has 0 atom stereocenters. The lowest BCUT2D eigenvalue weighted by atomic mass is 9.99. The normalized spacial score (nSPS) is 22.2. The molecule has 2 amide bonds. The number of nitrogens with one attached hydrogen (secondary N) is 1. The van der Waals surface area contributed by atoms with E-state index in [1.165, 1.54) is 30.6 Å². The Morgan fingerprint density at radius 3 is 2.69 bits per heavy atom. The maximum atomic E-state index is 12.4. The Labute approximate surface area is 160 Å². The lowest BCUT2D eigenvalue weighted by Crippen LogP contribution is -2.52. The number of ether oxygens (including phenoxy) is 1. The number of nitrogens with zero attached hydrogens (tertiary/aromatic N) is 2. The number of urea groups is 1. The van der Waals surface area contributed by atoms with Crippen molar-refractivity contribution in [2.45, 2.75) is 45.1 Å². The SMILES string of the molecule is O=C(NCC1CCOCC1)N1CCN(Cc2cc3c(s2)CCCC3)CC1. The number of aryl methyl sites for hydroxylation is 2. The minimum atomic E-state index is 0.114. The molecule has 0 unspecified atom stereocenters. The fraction of sp³-hybridized carbons (Fsp3) is 0.750. The van der Waals surface area contributed by atoms with Gasteiger partial charge in [-0.15, -0.1) is 11.3 Å². The topological polar surface area (TPSA) is 44.8 Å². The Hall–Kier alpha value is -1.11. The van der Waals surface area contributed by atoms with E-state index in [0.717, 1.165) is 65.3 Å². The predicted octanol–water partition coefficient (Wildman–Crippen LogP) is 2.88. The molecule has 0 aromatic carbocycles. The number of thiophene rings is 1. The van der Waals surface area contributed by atoms with Gasteiger partial charge in [0.2, 0.25) is 0 Å². The molecular weight excluding hydrogens is 346 g/mol. The Morgan fingerprint density at radius 2 is 1.92 bits per heavy atom. The first-order valence-corrected chi connectivity index (χ1v) is 11.0. The summed E-state index contributed by atoms with van der Waals surface area (Å²) in [7, 11) is 0. The first-order chi connectivity index (χ1) is 12.8. The van der Waals surface area contributed by atoms with Crippen LogP contribution in [0, 0.1) is 5.92 Å². The third-order valence-electron chi connectivity index (χ3n) is 5.97. The van der Waals surface area contributed by atoms with Gasteiger partial charge in [0.25, 0.3) is 0 Å². The molecule has 2 saturated heterocycles. The van der Waals surface area contributed by atoms with Crippen LogP contribution in [0.4, 0.5) is 4.79 Å². The third kappa shape index (κ3) is 4.59. The molecule has 1 aromatic rings. The second kappa shape index (κ2) is 8.72. The van der Waals surface area contributed by atoms with Crippen molar-refractivity contribution in [1.82, 2.24) is 15.1 Å². The molecule has 1 N–H and O–H groups in total. The summed E-state index contributed by atoms with van der Waals surface area (Å²) in [6.07, 6.45) is 7.39. The number of hydrogen-bond donors (Lipinski definition) is 1. The van der Waals surface area contributed by atoms with Gasteiger partial charge in [0.05, 0.1) is 0 Å². The maximum Gasteiger partial charge on any atom is 0.317 e. The molecule has 0 radical (unpaired) electrons. The molecular formula is C20H31N3O2S. The van der Waals surface area contributed by atoms with E-state index in [-0.39, 0.29) is 6.03 Å². The molecule has 2 aliphatic heterocycles. The van der Waals surface area contributed by atoms with Crippen LogP contribution in [0.1, 0.15) is 41.0 Å². The summed E-state index contributed by atoms with van der Waals surface area (Å²) in [5.74, 6) is 0.582. The number of piperazine rings is 1. The van der Waals surface area contributed by atoms with Gasteiger partial charge >= 0.3 is 6.03 Å². The Kier molecular flexibility index (Phi) is 6.12. The van der Waals surface area contributed by atoms with Crippen LogP contribution in [0.25, 0.3) is 0 Å². The second-order valence-corrected chi connectivity index (χ2v) is 9.09. The van der Waals surface area contributed by atoms with E-state index >= 15 is 0 Å². The monoisotopic (exact) mass is 377 g/mol. The number of rotatable bonds is 4. The number of carbonyl (C=O) groups excluding carboxylic acids is 1. The summed E-state index contributed by atoms with van der Waals surface area (Å²) in [4.78, 5) is 20.0. The molecule has 0 bridgehead atoms. The average Bonchev–Trinajstić information content (AvgIpc) is 3.10. The zero-order valence-corrected chi connectivity index (χ0v) is 16.5. The van der Waals surface area contributed by atoms with Gasteiger partial charge in [-0.05, 0) is 56.1 Å². The average molecular weight is 378 g/mol. The van der Waals surface area contributed by atoms with Crippen LogP contribution in [0.3, 0.4) is 0 Å². The van der Waals surface area contributed by atoms with Crippen LogP contribution in [-0.4, -0.2) is 61.8 Å². The van der Waals surface area contributed by atoms with Crippen LogP contribution >= 0.6 is 11.3 Å². The number of fused-ring (bicyclic) bond motifs is 1.